The zero-order chi connectivity index (χ0) is 17.6. The fraction of sp³-hybridized carbons (Fsp3) is 0.450. The summed E-state index contributed by atoms with van der Waals surface area (Å²) in [4.78, 5) is 25.7. The third-order valence-corrected chi connectivity index (χ3v) is 5.03. The summed E-state index contributed by atoms with van der Waals surface area (Å²) in [5.74, 6) is 1.29. The Morgan fingerprint density at radius 3 is 2.64 bits per heavy atom. The van der Waals surface area contributed by atoms with Crippen molar-refractivity contribution in [2.75, 3.05) is 24.5 Å². The summed E-state index contributed by atoms with van der Waals surface area (Å²) in [6.45, 7) is 7.33. The summed E-state index contributed by atoms with van der Waals surface area (Å²) in [6, 6.07) is 8.30. The molecule has 0 atom stereocenters. The first-order valence-electron chi connectivity index (χ1n) is 9.03. The van der Waals surface area contributed by atoms with Crippen molar-refractivity contribution in [2.45, 2.75) is 33.2 Å². The molecular formula is C20H26N4O. The van der Waals surface area contributed by atoms with Gasteiger partial charge in [0.25, 0.3) is 0 Å². The van der Waals surface area contributed by atoms with Gasteiger partial charge >= 0.3 is 0 Å². The lowest BCUT2D eigenvalue weighted by Crippen LogP contribution is -2.42. The van der Waals surface area contributed by atoms with Crippen LogP contribution in [0.15, 0.2) is 42.9 Å². The molecule has 132 valence electrons. The molecule has 0 saturated carbocycles. The standard InChI is InChI=1S/C20H26N4O/c1-3-23(15-18-7-5-4-6-16(18)2)20(25)17-8-12-24(13-9-17)19-14-21-10-11-22-19/h4-7,10-11,14,17H,3,8-9,12-13,15H2,1-2H3. The minimum Gasteiger partial charge on any atom is -0.355 e. The van der Waals surface area contributed by atoms with Crippen molar-refractivity contribution in [1.29, 1.82) is 0 Å². The normalized spacial score (nSPS) is 15.2. The van der Waals surface area contributed by atoms with Crippen molar-refractivity contribution in [1.82, 2.24) is 14.9 Å². The first-order valence-corrected chi connectivity index (χ1v) is 9.03. The van der Waals surface area contributed by atoms with Gasteiger partial charge in [-0.1, -0.05) is 24.3 Å². The fourth-order valence-corrected chi connectivity index (χ4v) is 3.41. The van der Waals surface area contributed by atoms with Crippen LogP contribution in [-0.2, 0) is 11.3 Å². The Morgan fingerprint density at radius 1 is 1.24 bits per heavy atom. The molecule has 1 saturated heterocycles. The molecular weight excluding hydrogens is 312 g/mol. The third kappa shape index (κ3) is 4.16. The van der Waals surface area contributed by atoms with Gasteiger partial charge in [0.05, 0.1) is 6.20 Å². The second kappa shape index (κ2) is 8.10. The van der Waals surface area contributed by atoms with E-state index in [4.69, 9.17) is 0 Å². The van der Waals surface area contributed by atoms with Crippen LogP contribution < -0.4 is 4.90 Å². The van der Waals surface area contributed by atoms with E-state index in [0.717, 1.165) is 38.3 Å². The average molecular weight is 338 g/mol. The van der Waals surface area contributed by atoms with Crippen molar-refractivity contribution in [2.24, 2.45) is 5.92 Å². The van der Waals surface area contributed by atoms with E-state index < -0.39 is 0 Å². The Bertz CT molecular complexity index is 696. The van der Waals surface area contributed by atoms with E-state index in [-0.39, 0.29) is 11.8 Å². The molecule has 0 unspecified atom stereocenters. The molecule has 0 spiro atoms. The number of rotatable bonds is 5. The summed E-state index contributed by atoms with van der Waals surface area (Å²) in [5, 5.41) is 0. The van der Waals surface area contributed by atoms with Crippen LogP contribution in [0.2, 0.25) is 0 Å². The second-order valence-corrected chi connectivity index (χ2v) is 6.60. The largest absolute Gasteiger partial charge is 0.355 e. The number of nitrogens with zero attached hydrogens (tertiary/aromatic N) is 4. The highest BCUT2D eigenvalue weighted by Gasteiger charge is 2.28. The number of aryl methyl sites for hydroxylation is 1. The van der Waals surface area contributed by atoms with Crippen molar-refractivity contribution < 1.29 is 4.79 Å². The molecule has 1 amide bonds. The number of carbonyl (C=O) groups is 1. The van der Waals surface area contributed by atoms with E-state index in [1.807, 2.05) is 17.0 Å². The van der Waals surface area contributed by atoms with Gasteiger partial charge in [-0.2, -0.15) is 0 Å². The quantitative estimate of drug-likeness (QED) is 0.841. The summed E-state index contributed by atoms with van der Waals surface area (Å²) >= 11 is 0. The Labute approximate surface area is 149 Å². The van der Waals surface area contributed by atoms with Crippen LogP contribution in [0, 0.1) is 12.8 Å². The Morgan fingerprint density at radius 2 is 2.00 bits per heavy atom. The summed E-state index contributed by atoms with van der Waals surface area (Å²) in [7, 11) is 0. The Balaban J connectivity index is 1.60. The van der Waals surface area contributed by atoms with Crippen molar-refractivity contribution >= 4 is 11.7 Å². The molecule has 1 aliphatic heterocycles. The SMILES string of the molecule is CCN(Cc1ccccc1C)C(=O)C1CCN(c2cnccn2)CC1. The Hall–Kier alpha value is -2.43. The van der Waals surface area contributed by atoms with E-state index in [0.29, 0.717) is 6.54 Å². The predicted molar refractivity (Wildman–Crippen MR) is 99.2 cm³/mol. The van der Waals surface area contributed by atoms with Gasteiger partial charge in [0.2, 0.25) is 5.91 Å². The number of aromatic nitrogens is 2. The average Bonchev–Trinajstić information content (AvgIpc) is 2.68. The van der Waals surface area contributed by atoms with Gasteiger partial charge in [-0.3, -0.25) is 9.78 Å². The van der Waals surface area contributed by atoms with E-state index in [1.165, 1.54) is 11.1 Å². The maximum atomic E-state index is 13.0. The zero-order valence-electron chi connectivity index (χ0n) is 15.1. The number of piperidine rings is 1. The number of hydrogen-bond donors (Lipinski definition) is 0. The summed E-state index contributed by atoms with van der Waals surface area (Å²) in [6.07, 6.45) is 6.94. The summed E-state index contributed by atoms with van der Waals surface area (Å²) < 4.78 is 0. The lowest BCUT2D eigenvalue weighted by Gasteiger charge is -2.34. The maximum absolute atomic E-state index is 13.0. The van der Waals surface area contributed by atoms with E-state index >= 15 is 0 Å². The van der Waals surface area contributed by atoms with Crippen molar-refractivity contribution in [3.63, 3.8) is 0 Å². The lowest BCUT2D eigenvalue weighted by molar-refractivity contribution is -0.136. The van der Waals surface area contributed by atoms with Gasteiger partial charge in [-0.25, -0.2) is 4.98 Å². The summed E-state index contributed by atoms with van der Waals surface area (Å²) in [5.41, 5.74) is 2.47. The van der Waals surface area contributed by atoms with Gasteiger partial charge in [0, 0.05) is 44.5 Å². The highest BCUT2D eigenvalue weighted by molar-refractivity contribution is 5.79. The van der Waals surface area contributed by atoms with Gasteiger partial charge in [-0.15, -0.1) is 0 Å². The molecule has 3 rings (SSSR count). The van der Waals surface area contributed by atoms with E-state index in [9.17, 15) is 4.79 Å². The first kappa shape index (κ1) is 17.4. The predicted octanol–water partition coefficient (Wildman–Crippen LogP) is 3.05. The van der Waals surface area contributed by atoms with Crippen LogP contribution in [0.5, 0.6) is 0 Å². The van der Waals surface area contributed by atoms with Crippen LogP contribution in [0.3, 0.4) is 0 Å². The molecule has 0 radical (unpaired) electrons. The van der Waals surface area contributed by atoms with Crippen molar-refractivity contribution in [3.8, 4) is 0 Å². The first-order chi connectivity index (χ1) is 12.2. The van der Waals surface area contributed by atoms with Crippen LogP contribution in [0.25, 0.3) is 0 Å². The van der Waals surface area contributed by atoms with E-state index in [1.54, 1.807) is 18.6 Å². The molecule has 2 aromatic rings. The molecule has 1 aromatic carbocycles. The molecule has 0 bridgehead atoms. The Kier molecular flexibility index (Phi) is 5.64. The molecule has 2 heterocycles. The minimum atomic E-state index is 0.108. The molecule has 5 heteroatoms. The lowest BCUT2D eigenvalue weighted by atomic mass is 9.95. The molecule has 1 aliphatic rings. The number of benzene rings is 1. The highest BCUT2D eigenvalue weighted by Crippen LogP contribution is 2.24. The molecule has 0 N–H and O–H groups in total. The van der Waals surface area contributed by atoms with Crippen LogP contribution >= 0.6 is 0 Å². The fourth-order valence-electron chi connectivity index (χ4n) is 3.41. The molecule has 5 nitrogen and oxygen atoms in total. The van der Waals surface area contributed by atoms with Crippen LogP contribution in [-0.4, -0.2) is 40.4 Å². The third-order valence-electron chi connectivity index (χ3n) is 5.03. The molecule has 25 heavy (non-hydrogen) atoms. The van der Waals surface area contributed by atoms with E-state index in [2.05, 4.69) is 40.8 Å². The molecule has 1 fully saturated rings. The second-order valence-electron chi connectivity index (χ2n) is 6.60. The van der Waals surface area contributed by atoms with Crippen LogP contribution in [0.1, 0.15) is 30.9 Å². The van der Waals surface area contributed by atoms with Gasteiger partial charge in [0.1, 0.15) is 5.82 Å². The van der Waals surface area contributed by atoms with Gasteiger partial charge in [0.15, 0.2) is 0 Å². The monoisotopic (exact) mass is 338 g/mol. The maximum Gasteiger partial charge on any atom is 0.226 e. The van der Waals surface area contributed by atoms with Gasteiger partial charge < -0.3 is 9.80 Å². The molecule has 0 aliphatic carbocycles. The minimum absolute atomic E-state index is 0.108. The highest BCUT2D eigenvalue weighted by atomic mass is 16.2. The number of amides is 1. The topological polar surface area (TPSA) is 49.3 Å². The molecule has 1 aromatic heterocycles. The number of hydrogen-bond acceptors (Lipinski definition) is 4. The van der Waals surface area contributed by atoms with Crippen molar-refractivity contribution in [3.05, 3.63) is 54.0 Å². The van der Waals surface area contributed by atoms with Gasteiger partial charge in [-0.05, 0) is 37.8 Å². The zero-order valence-corrected chi connectivity index (χ0v) is 15.1. The number of anilines is 1. The smallest absolute Gasteiger partial charge is 0.226 e. The number of carbonyl (C=O) groups excluding carboxylic acids is 1. The van der Waals surface area contributed by atoms with Crippen LogP contribution in [0.4, 0.5) is 5.82 Å².